The number of aromatic nitrogens is 1. The summed E-state index contributed by atoms with van der Waals surface area (Å²) in [6, 6.07) is 5.26. The minimum absolute atomic E-state index is 0.307. The van der Waals surface area contributed by atoms with Gasteiger partial charge in [-0.1, -0.05) is 22.9 Å². The fourth-order valence-corrected chi connectivity index (χ4v) is 4.16. The van der Waals surface area contributed by atoms with Crippen molar-refractivity contribution in [2.75, 3.05) is 25.2 Å². The third-order valence-electron chi connectivity index (χ3n) is 4.42. The molecule has 10 heteroatoms. The number of nitrogens with one attached hydrogen (secondary N) is 2. The van der Waals surface area contributed by atoms with Gasteiger partial charge in [0.25, 0.3) is 5.91 Å². The van der Waals surface area contributed by atoms with Crippen molar-refractivity contribution in [2.45, 2.75) is 6.92 Å². The summed E-state index contributed by atoms with van der Waals surface area (Å²) in [6.45, 7) is 2.90. The van der Waals surface area contributed by atoms with Crippen molar-refractivity contribution in [3.8, 4) is 17.0 Å². The normalized spacial score (nSPS) is 15.5. The number of carbonyl (C=O) groups is 1. The Morgan fingerprint density at radius 3 is 3.07 bits per heavy atom. The van der Waals surface area contributed by atoms with Crippen LogP contribution in [-0.2, 0) is 4.79 Å². The van der Waals surface area contributed by atoms with Crippen LogP contribution < -0.4 is 26.3 Å². The highest BCUT2D eigenvalue weighted by atomic mass is 35.5. The van der Waals surface area contributed by atoms with Gasteiger partial charge in [0.05, 0.1) is 17.7 Å². The first kappa shape index (κ1) is 18.8. The van der Waals surface area contributed by atoms with E-state index in [2.05, 4.69) is 15.7 Å². The van der Waals surface area contributed by atoms with Crippen LogP contribution in [0, 0.1) is 6.92 Å². The second kappa shape index (κ2) is 7.44. The molecule has 146 valence electrons. The van der Waals surface area contributed by atoms with Crippen LogP contribution in [0.3, 0.4) is 0 Å². The molecule has 0 bridgehead atoms. The number of aryl methyl sites for hydroxylation is 1. The van der Waals surface area contributed by atoms with Crippen LogP contribution in [-0.4, -0.2) is 36.1 Å². The third kappa shape index (κ3) is 3.22. The van der Waals surface area contributed by atoms with Gasteiger partial charge in [-0.3, -0.25) is 9.80 Å². The first-order valence-corrected chi connectivity index (χ1v) is 9.76. The zero-order chi connectivity index (χ0) is 19.8. The molecule has 3 heterocycles. The van der Waals surface area contributed by atoms with Crippen molar-refractivity contribution in [3.05, 3.63) is 51.9 Å². The lowest BCUT2D eigenvalue weighted by atomic mass is 10.1. The van der Waals surface area contributed by atoms with Gasteiger partial charge in [0.1, 0.15) is 22.3 Å². The predicted molar refractivity (Wildman–Crippen MR) is 110 cm³/mol. The Morgan fingerprint density at radius 2 is 2.29 bits per heavy atom. The molecule has 0 saturated heterocycles. The number of amides is 1. The summed E-state index contributed by atoms with van der Waals surface area (Å²) in [7, 11) is 1.57. The van der Waals surface area contributed by atoms with Crippen molar-refractivity contribution in [1.29, 1.82) is 0 Å². The van der Waals surface area contributed by atoms with Gasteiger partial charge < -0.3 is 10.1 Å². The molecule has 1 amide bonds. The topological polar surface area (TPSA) is 95.7 Å². The predicted octanol–water partition coefficient (Wildman–Crippen LogP) is 2.14. The number of anilines is 1. The maximum Gasteiger partial charge on any atom is 0.274 e. The van der Waals surface area contributed by atoms with E-state index in [1.807, 2.05) is 19.2 Å². The van der Waals surface area contributed by atoms with E-state index in [9.17, 15) is 4.79 Å². The number of carbonyl (C=O) groups excluding carboxylic acids is 1. The van der Waals surface area contributed by atoms with Crippen molar-refractivity contribution in [1.82, 2.24) is 20.7 Å². The molecule has 2 aliphatic rings. The van der Waals surface area contributed by atoms with Crippen molar-refractivity contribution >= 4 is 33.8 Å². The number of methoxy groups -OCH3 is 1. The molecule has 4 rings (SSSR count). The van der Waals surface area contributed by atoms with Gasteiger partial charge in [0.2, 0.25) is 0 Å². The summed E-state index contributed by atoms with van der Waals surface area (Å²) in [5.74, 6) is 7.29. The lowest BCUT2D eigenvalue weighted by molar-refractivity contribution is -0.115. The molecule has 0 radical (unpaired) electrons. The number of hydrogen-bond acceptors (Lipinski definition) is 8. The average molecular weight is 419 g/mol. The molecule has 28 heavy (non-hydrogen) atoms. The molecule has 2 aliphatic heterocycles. The number of fused-ring (bicyclic) bond motifs is 1. The number of nitrogens with zero attached hydrogens (tertiary/aromatic N) is 3. The summed E-state index contributed by atoms with van der Waals surface area (Å²) in [4.78, 5) is 17.7. The molecule has 0 atom stereocenters. The van der Waals surface area contributed by atoms with E-state index < -0.39 is 0 Å². The summed E-state index contributed by atoms with van der Waals surface area (Å²) in [5.41, 5.74) is 4.93. The van der Waals surface area contributed by atoms with E-state index in [1.165, 1.54) is 11.3 Å². The fraction of sp³-hybridized carbons (Fsp3) is 0.222. The first-order valence-electron chi connectivity index (χ1n) is 8.56. The number of benzene rings is 1. The molecule has 0 unspecified atom stereocenters. The second-order valence-corrected chi connectivity index (χ2v) is 7.82. The lowest BCUT2D eigenvalue weighted by Crippen LogP contribution is -2.40. The number of halogens is 1. The second-order valence-electron chi connectivity index (χ2n) is 6.20. The van der Waals surface area contributed by atoms with Crippen LogP contribution in [0.15, 0.2) is 41.9 Å². The Hall–Kier alpha value is -2.59. The molecular formula is C18H19ClN6O2S. The summed E-state index contributed by atoms with van der Waals surface area (Å²) >= 11 is 7.52. The number of hydrazine groups is 2. The third-order valence-corrected chi connectivity index (χ3v) is 5.63. The van der Waals surface area contributed by atoms with Crippen molar-refractivity contribution in [2.24, 2.45) is 5.84 Å². The Bertz CT molecular complexity index is 1000. The SMILES string of the molecule is COc1ccc(Cl)cc1-c1nc(C)sc1N(N)C(=O)C1=C2NCC=CN2NC1. The monoisotopic (exact) mass is 418 g/mol. The van der Waals surface area contributed by atoms with Crippen LogP contribution in [0.2, 0.25) is 5.02 Å². The van der Waals surface area contributed by atoms with Crippen molar-refractivity contribution < 1.29 is 9.53 Å². The lowest BCUT2D eigenvalue weighted by Gasteiger charge is -2.23. The highest BCUT2D eigenvalue weighted by molar-refractivity contribution is 7.16. The van der Waals surface area contributed by atoms with Crippen LogP contribution in [0.25, 0.3) is 11.3 Å². The Kier molecular flexibility index (Phi) is 4.98. The van der Waals surface area contributed by atoms with Gasteiger partial charge in [-0.05, 0) is 31.2 Å². The zero-order valence-electron chi connectivity index (χ0n) is 15.3. The van der Waals surface area contributed by atoms with Crippen LogP contribution >= 0.6 is 22.9 Å². The number of ether oxygens (including phenoxy) is 1. The summed E-state index contributed by atoms with van der Waals surface area (Å²) < 4.78 is 5.45. The van der Waals surface area contributed by atoms with Gasteiger partial charge in [-0.15, -0.1) is 0 Å². The van der Waals surface area contributed by atoms with E-state index in [4.69, 9.17) is 22.2 Å². The standard InChI is InChI=1S/C18H19ClN6O2S/c1-10-23-15(12-8-11(19)4-5-14(12)27-2)18(28-10)25(20)17(26)13-9-22-24-7-3-6-21-16(13)24/h3-5,7-8,21-22H,6,9,20H2,1-2H3. The van der Waals surface area contributed by atoms with Gasteiger partial charge in [0.15, 0.2) is 0 Å². The largest absolute Gasteiger partial charge is 0.496 e. The van der Waals surface area contributed by atoms with E-state index >= 15 is 0 Å². The molecule has 1 aromatic heterocycles. The summed E-state index contributed by atoms with van der Waals surface area (Å²) in [5, 5.41) is 7.97. The van der Waals surface area contributed by atoms with Gasteiger partial charge in [-0.2, -0.15) is 0 Å². The number of hydrogen-bond donors (Lipinski definition) is 3. The van der Waals surface area contributed by atoms with Crippen molar-refractivity contribution in [3.63, 3.8) is 0 Å². The molecule has 0 fully saturated rings. The number of thiazole rings is 1. The molecular weight excluding hydrogens is 400 g/mol. The highest BCUT2D eigenvalue weighted by Gasteiger charge is 2.32. The minimum atomic E-state index is -0.307. The van der Waals surface area contributed by atoms with E-state index in [0.717, 1.165) is 10.0 Å². The van der Waals surface area contributed by atoms with E-state index in [-0.39, 0.29) is 5.91 Å². The van der Waals surface area contributed by atoms with Gasteiger partial charge >= 0.3 is 0 Å². The quantitative estimate of drug-likeness (QED) is 0.397. The molecule has 0 aliphatic carbocycles. The Labute approximate surface area is 171 Å². The first-order chi connectivity index (χ1) is 13.5. The smallest absolute Gasteiger partial charge is 0.274 e. The molecule has 4 N–H and O–H groups in total. The van der Waals surface area contributed by atoms with Crippen LogP contribution in [0.4, 0.5) is 5.00 Å². The minimum Gasteiger partial charge on any atom is -0.496 e. The van der Waals surface area contributed by atoms with Crippen LogP contribution in [0.5, 0.6) is 5.75 Å². The Balaban J connectivity index is 1.74. The zero-order valence-corrected chi connectivity index (χ0v) is 16.9. The molecule has 0 spiro atoms. The average Bonchev–Trinajstić information content (AvgIpc) is 3.30. The summed E-state index contributed by atoms with van der Waals surface area (Å²) in [6.07, 6.45) is 3.84. The number of nitrogens with two attached hydrogens (primary N) is 1. The van der Waals surface area contributed by atoms with Crippen LogP contribution in [0.1, 0.15) is 5.01 Å². The van der Waals surface area contributed by atoms with Gasteiger partial charge in [-0.25, -0.2) is 21.3 Å². The fourth-order valence-electron chi connectivity index (χ4n) is 3.14. The maximum absolute atomic E-state index is 13.1. The Morgan fingerprint density at radius 1 is 1.46 bits per heavy atom. The molecule has 8 nitrogen and oxygen atoms in total. The van der Waals surface area contributed by atoms with E-state index in [1.54, 1.807) is 30.3 Å². The maximum atomic E-state index is 13.1. The van der Waals surface area contributed by atoms with E-state index in [0.29, 0.717) is 51.5 Å². The molecule has 2 aromatic rings. The molecule has 1 aromatic carbocycles. The molecule has 0 saturated carbocycles. The van der Waals surface area contributed by atoms with Gasteiger partial charge in [0, 0.05) is 29.9 Å². The number of rotatable bonds is 4. The highest BCUT2D eigenvalue weighted by Crippen LogP contribution is 2.41.